The predicted octanol–water partition coefficient (Wildman–Crippen LogP) is 3.34. The highest BCUT2D eigenvalue weighted by Crippen LogP contribution is 2.16. The number of pyridine rings is 2. The summed E-state index contributed by atoms with van der Waals surface area (Å²) >= 11 is 0. The van der Waals surface area contributed by atoms with Gasteiger partial charge in [0.1, 0.15) is 0 Å². The normalized spacial score (nSPS) is 10.8. The molecule has 0 amide bonds. The van der Waals surface area contributed by atoms with Gasteiger partial charge in [-0.15, -0.1) is 11.8 Å². The molecule has 0 radical (unpaired) electrons. The van der Waals surface area contributed by atoms with Gasteiger partial charge < -0.3 is 15.3 Å². The maximum Gasteiger partial charge on any atom is 0.317 e. The van der Waals surface area contributed by atoms with Crippen LogP contribution in [0.4, 0.5) is 0 Å². The SMILES string of the molecule is CC#Cc1cc(CN(CC)CC(=O)O)nc(CN(CCc2ccccc2)Cc2cc(C#CC)cc(CN(CC(=O)O)CC(=O)O)n2)c1. The minimum absolute atomic E-state index is 0.0295. The molecule has 11 nitrogen and oxygen atoms in total. The molecule has 3 rings (SSSR count). The molecule has 0 spiro atoms. The maximum absolute atomic E-state index is 11.4. The summed E-state index contributed by atoms with van der Waals surface area (Å²) in [6.07, 6.45) is 0.761. The molecule has 0 aliphatic carbocycles. The molecular weight excluding hydrogens is 598 g/mol. The van der Waals surface area contributed by atoms with Gasteiger partial charge in [0.05, 0.1) is 42.4 Å². The zero-order valence-electron chi connectivity index (χ0n) is 27.1. The Labute approximate surface area is 275 Å². The number of carboxylic acids is 3. The second-order valence-electron chi connectivity index (χ2n) is 11.0. The fraction of sp³-hybridized carbons (Fsp3) is 0.361. The van der Waals surface area contributed by atoms with Crippen LogP contribution < -0.4 is 0 Å². The number of carbonyl (C=O) groups is 3. The van der Waals surface area contributed by atoms with Crippen molar-refractivity contribution in [1.82, 2.24) is 24.7 Å². The molecule has 246 valence electrons. The Kier molecular flexibility index (Phi) is 14.6. The first-order valence-electron chi connectivity index (χ1n) is 15.3. The van der Waals surface area contributed by atoms with E-state index in [1.165, 1.54) is 10.5 Å². The molecule has 1 aromatic carbocycles. The number of carboxylic acid groups (broad SMARTS) is 3. The van der Waals surface area contributed by atoms with Gasteiger partial charge in [0.2, 0.25) is 0 Å². The molecule has 0 bridgehead atoms. The zero-order valence-corrected chi connectivity index (χ0v) is 27.1. The fourth-order valence-corrected chi connectivity index (χ4v) is 5.14. The van der Waals surface area contributed by atoms with Gasteiger partial charge in [0.25, 0.3) is 0 Å². The van der Waals surface area contributed by atoms with E-state index in [1.54, 1.807) is 24.8 Å². The van der Waals surface area contributed by atoms with E-state index in [0.717, 1.165) is 23.4 Å². The highest BCUT2D eigenvalue weighted by molar-refractivity contribution is 5.72. The lowest BCUT2D eigenvalue weighted by atomic mass is 10.1. The van der Waals surface area contributed by atoms with E-state index in [-0.39, 0.29) is 13.1 Å². The van der Waals surface area contributed by atoms with E-state index in [0.29, 0.717) is 49.7 Å². The van der Waals surface area contributed by atoms with E-state index in [4.69, 9.17) is 9.97 Å². The van der Waals surface area contributed by atoms with Crippen LogP contribution >= 0.6 is 0 Å². The monoisotopic (exact) mass is 639 g/mol. The Morgan fingerprint density at radius 3 is 1.45 bits per heavy atom. The van der Waals surface area contributed by atoms with Gasteiger partial charge in [-0.25, -0.2) is 0 Å². The van der Waals surface area contributed by atoms with Gasteiger partial charge in [0, 0.05) is 43.9 Å². The quantitative estimate of drug-likeness (QED) is 0.176. The van der Waals surface area contributed by atoms with Gasteiger partial charge in [-0.1, -0.05) is 49.1 Å². The van der Waals surface area contributed by atoms with Crippen molar-refractivity contribution in [3.63, 3.8) is 0 Å². The number of hydrogen-bond acceptors (Lipinski definition) is 8. The number of hydrogen-bond donors (Lipinski definition) is 3. The smallest absolute Gasteiger partial charge is 0.317 e. The van der Waals surface area contributed by atoms with Crippen LogP contribution in [0.15, 0.2) is 54.6 Å². The highest BCUT2D eigenvalue weighted by Gasteiger charge is 2.18. The molecule has 0 aliphatic rings. The molecule has 2 aromatic heterocycles. The van der Waals surface area contributed by atoms with Crippen LogP contribution in [-0.4, -0.2) is 90.6 Å². The van der Waals surface area contributed by atoms with Crippen molar-refractivity contribution in [2.45, 2.75) is 53.4 Å². The summed E-state index contributed by atoms with van der Waals surface area (Å²) in [4.78, 5) is 49.2. The van der Waals surface area contributed by atoms with Crippen molar-refractivity contribution in [1.29, 1.82) is 0 Å². The predicted molar refractivity (Wildman–Crippen MR) is 177 cm³/mol. The van der Waals surface area contributed by atoms with Crippen LogP contribution in [0.25, 0.3) is 0 Å². The largest absolute Gasteiger partial charge is 0.480 e. The third kappa shape index (κ3) is 13.4. The second kappa shape index (κ2) is 18.8. The van der Waals surface area contributed by atoms with Crippen molar-refractivity contribution in [2.75, 3.05) is 32.7 Å². The number of aromatic nitrogens is 2. The molecule has 11 heteroatoms. The van der Waals surface area contributed by atoms with Crippen LogP contribution in [0.5, 0.6) is 0 Å². The van der Waals surface area contributed by atoms with E-state index >= 15 is 0 Å². The summed E-state index contributed by atoms with van der Waals surface area (Å²) in [7, 11) is 0. The average Bonchev–Trinajstić information content (AvgIpc) is 2.99. The summed E-state index contributed by atoms with van der Waals surface area (Å²) < 4.78 is 0. The van der Waals surface area contributed by atoms with E-state index in [2.05, 4.69) is 40.7 Å². The summed E-state index contributed by atoms with van der Waals surface area (Å²) in [5.41, 5.74) is 5.37. The molecule has 0 fully saturated rings. The van der Waals surface area contributed by atoms with Crippen molar-refractivity contribution in [3.05, 3.63) is 94.1 Å². The Balaban J connectivity index is 1.97. The molecule has 47 heavy (non-hydrogen) atoms. The summed E-state index contributed by atoms with van der Waals surface area (Å²) in [5, 5.41) is 28.0. The minimum atomic E-state index is -1.13. The first-order valence-corrected chi connectivity index (χ1v) is 15.3. The molecule has 0 saturated heterocycles. The zero-order chi connectivity index (χ0) is 34.2. The molecule has 0 unspecified atom stereocenters. The van der Waals surface area contributed by atoms with Crippen LogP contribution in [0, 0.1) is 23.7 Å². The van der Waals surface area contributed by atoms with Crippen LogP contribution in [0.1, 0.15) is 60.2 Å². The molecule has 3 N–H and O–H groups in total. The minimum Gasteiger partial charge on any atom is -0.480 e. The average molecular weight is 640 g/mol. The van der Waals surface area contributed by atoms with Gasteiger partial charge >= 0.3 is 17.9 Å². The van der Waals surface area contributed by atoms with Gasteiger partial charge in [-0.05, 0) is 56.6 Å². The topological polar surface area (TPSA) is 147 Å². The van der Waals surface area contributed by atoms with Crippen molar-refractivity contribution >= 4 is 17.9 Å². The number of rotatable bonds is 18. The van der Waals surface area contributed by atoms with E-state index in [9.17, 15) is 29.7 Å². The molecule has 0 saturated carbocycles. The lowest BCUT2D eigenvalue weighted by Gasteiger charge is -2.24. The van der Waals surface area contributed by atoms with Crippen molar-refractivity contribution < 1.29 is 29.7 Å². The van der Waals surface area contributed by atoms with Crippen LogP contribution in [-0.2, 0) is 47.0 Å². The van der Waals surface area contributed by atoms with Crippen molar-refractivity contribution in [2.24, 2.45) is 0 Å². The number of benzene rings is 1. The van der Waals surface area contributed by atoms with E-state index in [1.807, 2.05) is 43.3 Å². The Morgan fingerprint density at radius 2 is 1.04 bits per heavy atom. The maximum atomic E-state index is 11.4. The molecular formula is C36H41N5O6. The van der Waals surface area contributed by atoms with Gasteiger partial charge in [-0.2, -0.15) is 0 Å². The van der Waals surface area contributed by atoms with E-state index < -0.39 is 31.0 Å². The fourth-order valence-electron chi connectivity index (χ4n) is 5.14. The number of nitrogens with zero attached hydrogens (tertiary/aromatic N) is 5. The third-order valence-electron chi connectivity index (χ3n) is 7.03. The van der Waals surface area contributed by atoms with Crippen molar-refractivity contribution in [3.8, 4) is 23.7 Å². The standard InChI is InChI=1S/C36H41N5O6/c1-4-10-28-16-30(20-39(6-3)24-34(42)43)37-31(17-28)21-40(15-14-27-12-8-7-9-13-27)22-32-18-29(11-5-2)19-33(38-32)23-41(25-35(44)45)26-36(46)47/h7-9,12-13,16-19H,6,14-15,20-26H2,1-3H3,(H,42,43)(H,44,45)(H,46,47). The molecule has 0 atom stereocenters. The Bertz CT molecular complexity index is 1640. The molecule has 3 aromatic rings. The first-order chi connectivity index (χ1) is 22.6. The number of aliphatic carboxylic acids is 3. The first kappa shape index (κ1) is 36.4. The summed E-state index contributed by atoms with van der Waals surface area (Å²) in [6, 6.07) is 17.6. The Hall–Kier alpha value is -5.07. The Morgan fingerprint density at radius 1 is 0.638 bits per heavy atom. The van der Waals surface area contributed by atoms with Crippen LogP contribution in [0.2, 0.25) is 0 Å². The lowest BCUT2D eigenvalue weighted by molar-refractivity contribution is -0.142. The third-order valence-corrected chi connectivity index (χ3v) is 7.03. The molecule has 0 aliphatic heterocycles. The highest BCUT2D eigenvalue weighted by atomic mass is 16.4. The summed E-state index contributed by atoms with van der Waals surface area (Å²) in [6.45, 7) is 6.89. The van der Waals surface area contributed by atoms with Gasteiger partial charge in [-0.3, -0.25) is 39.1 Å². The number of likely N-dealkylation sites (N-methyl/N-ethyl adjacent to an activating group) is 1. The lowest BCUT2D eigenvalue weighted by Crippen LogP contribution is -2.34. The summed E-state index contributed by atoms with van der Waals surface area (Å²) in [5.74, 6) is 8.85. The second-order valence-corrected chi connectivity index (χ2v) is 11.0. The van der Waals surface area contributed by atoms with Gasteiger partial charge in [0.15, 0.2) is 0 Å². The van der Waals surface area contributed by atoms with Crippen LogP contribution in [0.3, 0.4) is 0 Å². The molecule has 2 heterocycles.